The minimum atomic E-state index is -0.833. The number of carboxylic acids is 1. The number of carbonyl (C=O) groups is 1. The molecule has 0 atom stereocenters. The Bertz CT molecular complexity index is 163. The van der Waals surface area contributed by atoms with Crippen molar-refractivity contribution in [1.82, 2.24) is 0 Å². The van der Waals surface area contributed by atoms with Gasteiger partial charge in [0, 0.05) is 6.92 Å². The molecule has 0 heterocycles. The minimum absolute atomic E-state index is 0.833. The molecule has 0 amide bonds. The van der Waals surface area contributed by atoms with E-state index in [9.17, 15) is 0 Å². The zero-order valence-electron chi connectivity index (χ0n) is 9.00. The molecule has 0 unspecified atom stereocenters. The lowest BCUT2D eigenvalue weighted by Crippen LogP contribution is -1.78. The Morgan fingerprint density at radius 1 is 1.23 bits per heavy atom. The highest BCUT2D eigenvalue weighted by Crippen LogP contribution is 1.90. The molecule has 0 saturated heterocycles. The van der Waals surface area contributed by atoms with Crippen LogP contribution in [-0.4, -0.2) is 11.1 Å². The normalized spacial score (nSPS) is 8.15. The van der Waals surface area contributed by atoms with Crippen molar-refractivity contribution in [1.29, 1.82) is 0 Å². The predicted molar refractivity (Wildman–Crippen MR) is 58.8 cm³/mol. The zero-order valence-corrected chi connectivity index (χ0v) is 9.00. The van der Waals surface area contributed by atoms with E-state index >= 15 is 0 Å². The van der Waals surface area contributed by atoms with E-state index in [1.165, 1.54) is 0 Å². The van der Waals surface area contributed by atoms with Crippen LogP contribution in [0, 0.1) is 0 Å². The minimum Gasteiger partial charge on any atom is -0.481 e. The van der Waals surface area contributed by atoms with Gasteiger partial charge in [-0.25, -0.2) is 0 Å². The van der Waals surface area contributed by atoms with Crippen LogP contribution in [0.2, 0.25) is 0 Å². The molecule has 0 rings (SSSR count). The number of hydrogen-bond donors (Lipinski definition) is 1. The fourth-order valence-corrected chi connectivity index (χ4v) is 0.254. The highest BCUT2D eigenvalue weighted by Gasteiger charge is 1.69. The molecule has 0 aliphatic rings. The van der Waals surface area contributed by atoms with Crippen LogP contribution in [-0.2, 0) is 4.79 Å². The van der Waals surface area contributed by atoms with E-state index in [0.29, 0.717) is 0 Å². The van der Waals surface area contributed by atoms with Gasteiger partial charge < -0.3 is 5.11 Å². The van der Waals surface area contributed by atoms with Gasteiger partial charge in [0.25, 0.3) is 5.97 Å². The van der Waals surface area contributed by atoms with E-state index in [2.05, 4.69) is 13.2 Å². The molecule has 0 aromatic rings. The van der Waals surface area contributed by atoms with Gasteiger partial charge in [0.2, 0.25) is 0 Å². The third-order valence-electron chi connectivity index (χ3n) is 0.703. The van der Waals surface area contributed by atoms with Crippen molar-refractivity contribution in [2.75, 3.05) is 0 Å². The molecule has 0 spiro atoms. The Balaban J connectivity index is -0.000000142. The fourth-order valence-electron chi connectivity index (χ4n) is 0.254. The van der Waals surface area contributed by atoms with Gasteiger partial charge in [0.05, 0.1) is 0 Å². The Morgan fingerprint density at radius 3 is 1.62 bits per heavy atom. The summed E-state index contributed by atoms with van der Waals surface area (Å²) in [5.74, 6) is -0.833. The van der Waals surface area contributed by atoms with Gasteiger partial charge in [-0.1, -0.05) is 50.8 Å². The molecule has 0 bridgehead atoms. The molecule has 0 fully saturated rings. The van der Waals surface area contributed by atoms with Gasteiger partial charge in [0.15, 0.2) is 0 Å². The van der Waals surface area contributed by atoms with Crippen LogP contribution in [0.15, 0.2) is 37.0 Å². The molecule has 0 aliphatic carbocycles. The maximum Gasteiger partial charge on any atom is 0.300 e. The molecule has 0 aromatic carbocycles. The van der Waals surface area contributed by atoms with Crippen LogP contribution in [0.25, 0.3) is 0 Å². The first kappa shape index (κ1) is 17.7. The molecular weight excluding hydrogens is 164 g/mol. The summed E-state index contributed by atoms with van der Waals surface area (Å²) in [4.78, 5) is 9.00. The molecule has 1 N–H and O–H groups in total. The smallest absolute Gasteiger partial charge is 0.300 e. The van der Waals surface area contributed by atoms with Gasteiger partial charge in [-0.3, -0.25) is 4.79 Å². The monoisotopic (exact) mass is 184 g/mol. The Hall–Kier alpha value is -1.31. The van der Waals surface area contributed by atoms with E-state index in [1.54, 1.807) is 12.2 Å². The standard InChI is InChI=1S/C7H10.C2H4O2.C2H6/c1-4-6-7(3)5-2;1-2(3)4;1-2/h4-6H,1-2H2,3H3;1H3,(H,3,4);1-2H3/b7-6-;;. The van der Waals surface area contributed by atoms with E-state index in [1.807, 2.05) is 26.8 Å². The van der Waals surface area contributed by atoms with Gasteiger partial charge in [0.1, 0.15) is 0 Å². The van der Waals surface area contributed by atoms with Crippen molar-refractivity contribution in [2.45, 2.75) is 27.7 Å². The van der Waals surface area contributed by atoms with Crippen molar-refractivity contribution in [3.05, 3.63) is 37.0 Å². The van der Waals surface area contributed by atoms with E-state index in [4.69, 9.17) is 9.90 Å². The average molecular weight is 184 g/mol. The van der Waals surface area contributed by atoms with Gasteiger partial charge in [-0.15, -0.1) is 0 Å². The SMILES string of the molecule is C=C/C=C(/C)C=C.CC.CC(=O)O. The number of carboxylic acid groups (broad SMARTS) is 1. The first-order valence-electron chi connectivity index (χ1n) is 4.15. The summed E-state index contributed by atoms with van der Waals surface area (Å²) in [6, 6.07) is 0. The Kier molecular flexibility index (Phi) is 23.1. The van der Waals surface area contributed by atoms with Crippen molar-refractivity contribution >= 4 is 5.97 Å². The molecule has 2 heteroatoms. The van der Waals surface area contributed by atoms with Crippen LogP contribution in [0.3, 0.4) is 0 Å². The second-order valence-corrected chi connectivity index (χ2v) is 1.87. The molecule has 2 nitrogen and oxygen atoms in total. The largest absolute Gasteiger partial charge is 0.481 e. The van der Waals surface area contributed by atoms with E-state index < -0.39 is 5.97 Å². The highest BCUT2D eigenvalue weighted by molar-refractivity contribution is 5.62. The van der Waals surface area contributed by atoms with Gasteiger partial charge in [-0.05, 0) is 6.92 Å². The Morgan fingerprint density at radius 2 is 1.54 bits per heavy atom. The number of hydrogen-bond acceptors (Lipinski definition) is 1. The lowest BCUT2D eigenvalue weighted by molar-refractivity contribution is -0.134. The third kappa shape index (κ3) is 59.3. The summed E-state index contributed by atoms with van der Waals surface area (Å²) < 4.78 is 0. The average Bonchev–Trinajstić information content (AvgIpc) is 2.07. The molecular formula is C11H20O2. The number of rotatable bonds is 2. The van der Waals surface area contributed by atoms with Crippen LogP contribution >= 0.6 is 0 Å². The number of allylic oxidation sites excluding steroid dienone is 4. The highest BCUT2D eigenvalue weighted by atomic mass is 16.4. The molecule has 0 radical (unpaired) electrons. The Labute approximate surface area is 81.3 Å². The summed E-state index contributed by atoms with van der Waals surface area (Å²) >= 11 is 0. The fraction of sp³-hybridized carbons (Fsp3) is 0.364. The second kappa shape index (κ2) is 17.0. The molecule has 0 saturated carbocycles. The summed E-state index contributed by atoms with van der Waals surface area (Å²) in [5, 5.41) is 7.42. The maximum atomic E-state index is 9.00. The number of aliphatic carboxylic acids is 1. The second-order valence-electron chi connectivity index (χ2n) is 1.87. The molecule has 13 heavy (non-hydrogen) atoms. The molecule has 76 valence electrons. The topological polar surface area (TPSA) is 37.3 Å². The predicted octanol–water partition coefficient (Wildman–Crippen LogP) is 3.42. The summed E-state index contributed by atoms with van der Waals surface area (Å²) in [5.41, 5.74) is 1.15. The maximum absolute atomic E-state index is 9.00. The van der Waals surface area contributed by atoms with Crippen molar-refractivity contribution in [3.8, 4) is 0 Å². The van der Waals surface area contributed by atoms with Crippen LogP contribution in [0.4, 0.5) is 0 Å². The first-order valence-corrected chi connectivity index (χ1v) is 4.15. The first-order chi connectivity index (χ1) is 6.04. The van der Waals surface area contributed by atoms with Crippen molar-refractivity contribution < 1.29 is 9.90 Å². The van der Waals surface area contributed by atoms with E-state index in [-0.39, 0.29) is 0 Å². The van der Waals surface area contributed by atoms with Crippen LogP contribution < -0.4 is 0 Å². The summed E-state index contributed by atoms with van der Waals surface area (Å²) in [6.45, 7) is 14.2. The lowest BCUT2D eigenvalue weighted by atomic mass is 10.3. The summed E-state index contributed by atoms with van der Waals surface area (Å²) in [7, 11) is 0. The molecule has 0 aliphatic heterocycles. The third-order valence-corrected chi connectivity index (χ3v) is 0.703. The molecule has 0 aromatic heterocycles. The zero-order chi connectivity index (χ0) is 11.3. The summed E-state index contributed by atoms with van der Waals surface area (Å²) in [6.07, 6.45) is 5.45. The van der Waals surface area contributed by atoms with Crippen molar-refractivity contribution in [2.24, 2.45) is 0 Å². The van der Waals surface area contributed by atoms with Crippen LogP contribution in [0.5, 0.6) is 0 Å². The van der Waals surface area contributed by atoms with Gasteiger partial charge >= 0.3 is 0 Å². The quantitative estimate of drug-likeness (QED) is 0.668. The van der Waals surface area contributed by atoms with Crippen molar-refractivity contribution in [3.63, 3.8) is 0 Å². The van der Waals surface area contributed by atoms with Crippen LogP contribution in [0.1, 0.15) is 27.7 Å². The lowest BCUT2D eigenvalue weighted by Gasteiger charge is -1.80. The van der Waals surface area contributed by atoms with E-state index in [0.717, 1.165) is 12.5 Å². The van der Waals surface area contributed by atoms with Gasteiger partial charge in [-0.2, -0.15) is 0 Å².